The lowest BCUT2D eigenvalue weighted by Gasteiger charge is -2.18. The number of rotatable bonds is 3. The molecule has 0 aromatic heterocycles. The molecule has 0 amide bonds. The number of halogens is 1. The molecule has 1 aromatic rings. The van der Waals surface area contributed by atoms with Gasteiger partial charge in [-0.25, -0.2) is 0 Å². The first-order valence-corrected chi connectivity index (χ1v) is 5.32. The summed E-state index contributed by atoms with van der Waals surface area (Å²) in [6.45, 7) is 3.91. The van der Waals surface area contributed by atoms with E-state index in [0.29, 0.717) is 0 Å². The van der Waals surface area contributed by atoms with Crippen LogP contribution in [0.15, 0.2) is 4.47 Å². The van der Waals surface area contributed by atoms with Gasteiger partial charge in [0.15, 0.2) is 0 Å². The van der Waals surface area contributed by atoms with E-state index in [0.717, 1.165) is 32.8 Å². The highest BCUT2D eigenvalue weighted by molar-refractivity contribution is 9.10. The predicted octanol–water partition coefficient (Wildman–Crippen LogP) is 3.09. The first-order chi connectivity index (χ1) is 7.08. The van der Waals surface area contributed by atoms with Gasteiger partial charge in [0.1, 0.15) is 21.7 Å². The van der Waals surface area contributed by atoms with Crippen LogP contribution in [-0.4, -0.2) is 21.3 Å². The van der Waals surface area contributed by atoms with Gasteiger partial charge in [0, 0.05) is 11.1 Å². The van der Waals surface area contributed by atoms with Crippen molar-refractivity contribution in [1.82, 2.24) is 0 Å². The van der Waals surface area contributed by atoms with Crippen LogP contribution in [0, 0.1) is 13.8 Å². The Morgan fingerprint density at radius 1 is 0.733 bits per heavy atom. The first-order valence-electron chi connectivity index (χ1n) is 4.53. The van der Waals surface area contributed by atoms with Gasteiger partial charge in [-0.15, -0.1) is 0 Å². The van der Waals surface area contributed by atoms with Crippen molar-refractivity contribution in [3.8, 4) is 17.2 Å². The lowest BCUT2D eigenvalue weighted by atomic mass is 10.1. The second-order valence-corrected chi connectivity index (χ2v) is 3.96. The average molecular weight is 275 g/mol. The summed E-state index contributed by atoms with van der Waals surface area (Å²) in [6, 6.07) is 0. The molecule has 0 radical (unpaired) electrons. The maximum absolute atomic E-state index is 5.33. The van der Waals surface area contributed by atoms with E-state index in [9.17, 15) is 0 Å². The van der Waals surface area contributed by atoms with Gasteiger partial charge in [-0.05, 0) is 29.8 Å². The maximum atomic E-state index is 5.33. The Labute approximate surface area is 98.5 Å². The molecule has 84 valence electrons. The van der Waals surface area contributed by atoms with E-state index < -0.39 is 0 Å². The molecule has 0 atom stereocenters. The lowest BCUT2D eigenvalue weighted by Crippen LogP contribution is -2.00. The predicted molar refractivity (Wildman–Crippen MR) is 63.3 cm³/mol. The molecule has 4 heteroatoms. The topological polar surface area (TPSA) is 27.7 Å². The maximum Gasteiger partial charge on any atom is 0.143 e. The van der Waals surface area contributed by atoms with Crippen molar-refractivity contribution in [3.63, 3.8) is 0 Å². The standard InChI is InChI=1S/C11H15BrO3/c1-6-9(13-3)7(2)11(15-5)8(12)10(6)14-4/h1-5H3. The number of hydrogen-bond donors (Lipinski definition) is 0. The van der Waals surface area contributed by atoms with E-state index in [1.54, 1.807) is 21.3 Å². The van der Waals surface area contributed by atoms with Crippen LogP contribution in [0.25, 0.3) is 0 Å². The van der Waals surface area contributed by atoms with E-state index in [-0.39, 0.29) is 0 Å². The van der Waals surface area contributed by atoms with Crippen LogP contribution >= 0.6 is 15.9 Å². The molecular formula is C11H15BrO3. The smallest absolute Gasteiger partial charge is 0.143 e. The van der Waals surface area contributed by atoms with Crippen LogP contribution in [0.3, 0.4) is 0 Å². The van der Waals surface area contributed by atoms with Crippen LogP contribution in [0.5, 0.6) is 17.2 Å². The zero-order valence-electron chi connectivity index (χ0n) is 9.60. The summed E-state index contributed by atoms with van der Waals surface area (Å²) in [5.41, 5.74) is 1.93. The quantitative estimate of drug-likeness (QED) is 0.848. The Morgan fingerprint density at radius 2 is 1.07 bits per heavy atom. The number of methoxy groups -OCH3 is 3. The molecule has 0 aliphatic carbocycles. The van der Waals surface area contributed by atoms with E-state index in [4.69, 9.17) is 14.2 Å². The highest BCUT2D eigenvalue weighted by Crippen LogP contribution is 2.45. The molecule has 15 heavy (non-hydrogen) atoms. The Morgan fingerprint density at radius 3 is 1.33 bits per heavy atom. The largest absolute Gasteiger partial charge is 0.496 e. The van der Waals surface area contributed by atoms with Crippen LogP contribution in [-0.2, 0) is 0 Å². The summed E-state index contributed by atoms with van der Waals surface area (Å²) in [4.78, 5) is 0. The van der Waals surface area contributed by atoms with Gasteiger partial charge < -0.3 is 14.2 Å². The molecule has 0 aliphatic heterocycles. The fourth-order valence-electron chi connectivity index (χ4n) is 1.71. The Hall–Kier alpha value is -0.900. The van der Waals surface area contributed by atoms with E-state index in [1.165, 1.54) is 0 Å². The SMILES string of the molecule is COc1c(C)c(OC)c(Br)c(OC)c1C. The summed E-state index contributed by atoms with van der Waals surface area (Å²) in [7, 11) is 4.89. The molecule has 0 heterocycles. The minimum atomic E-state index is 0.745. The molecule has 0 aliphatic rings. The number of hydrogen-bond acceptors (Lipinski definition) is 3. The summed E-state index contributed by atoms with van der Waals surface area (Å²) in [6.07, 6.45) is 0. The van der Waals surface area contributed by atoms with Crippen molar-refractivity contribution in [2.45, 2.75) is 13.8 Å². The van der Waals surface area contributed by atoms with Crippen molar-refractivity contribution in [2.75, 3.05) is 21.3 Å². The van der Waals surface area contributed by atoms with Gasteiger partial charge in [-0.3, -0.25) is 0 Å². The van der Waals surface area contributed by atoms with Crippen molar-refractivity contribution < 1.29 is 14.2 Å². The second-order valence-electron chi connectivity index (χ2n) is 3.16. The number of benzene rings is 1. The summed E-state index contributed by atoms with van der Waals surface area (Å²) in [5, 5.41) is 0. The van der Waals surface area contributed by atoms with E-state index in [1.807, 2.05) is 13.8 Å². The molecule has 0 unspecified atom stereocenters. The molecule has 0 saturated heterocycles. The molecule has 1 aromatic carbocycles. The van der Waals surface area contributed by atoms with Crippen LogP contribution in [0.1, 0.15) is 11.1 Å². The van der Waals surface area contributed by atoms with Gasteiger partial charge in [0.2, 0.25) is 0 Å². The minimum Gasteiger partial charge on any atom is -0.496 e. The first kappa shape index (κ1) is 12.2. The monoisotopic (exact) mass is 274 g/mol. The molecule has 3 nitrogen and oxygen atoms in total. The Bertz CT molecular complexity index is 296. The molecule has 0 bridgehead atoms. The number of ether oxygens (including phenoxy) is 3. The van der Waals surface area contributed by atoms with Gasteiger partial charge >= 0.3 is 0 Å². The fraction of sp³-hybridized carbons (Fsp3) is 0.455. The molecular weight excluding hydrogens is 260 g/mol. The second kappa shape index (κ2) is 4.75. The Kier molecular flexibility index (Phi) is 3.85. The highest BCUT2D eigenvalue weighted by Gasteiger charge is 2.19. The van der Waals surface area contributed by atoms with Gasteiger partial charge in [-0.2, -0.15) is 0 Å². The molecule has 1 rings (SSSR count). The van der Waals surface area contributed by atoms with Gasteiger partial charge in [-0.1, -0.05) is 0 Å². The molecule has 0 saturated carbocycles. The molecule has 0 fully saturated rings. The zero-order valence-corrected chi connectivity index (χ0v) is 11.2. The van der Waals surface area contributed by atoms with Crippen molar-refractivity contribution >= 4 is 15.9 Å². The van der Waals surface area contributed by atoms with Gasteiger partial charge in [0.05, 0.1) is 21.3 Å². The Balaban J connectivity index is 3.57. The van der Waals surface area contributed by atoms with Crippen molar-refractivity contribution in [2.24, 2.45) is 0 Å². The van der Waals surface area contributed by atoms with Crippen molar-refractivity contribution in [3.05, 3.63) is 15.6 Å². The average Bonchev–Trinajstić information content (AvgIpc) is 2.19. The third kappa shape index (κ3) is 1.91. The van der Waals surface area contributed by atoms with Crippen LogP contribution in [0.2, 0.25) is 0 Å². The van der Waals surface area contributed by atoms with Gasteiger partial charge in [0.25, 0.3) is 0 Å². The summed E-state index contributed by atoms with van der Waals surface area (Å²) < 4.78 is 16.8. The van der Waals surface area contributed by atoms with Crippen molar-refractivity contribution in [1.29, 1.82) is 0 Å². The van der Waals surface area contributed by atoms with E-state index in [2.05, 4.69) is 15.9 Å². The highest BCUT2D eigenvalue weighted by atomic mass is 79.9. The summed E-state index contributed by atoms with van der Waals surface area (Å²) >= 11 is 3.46. The third-order valence-corrected chi connectivity index (χ3v) is 3.09. The van der Waals surface area contributed by atoms with Crippen LogP contribution in [0.4, 0.5) is 0 Å². The normalized spacial score (nSPS) is 10.0. The van der Waals surface area contributed by atoms with E-state index >= 15 is 0 Å². The minimum absolute atomic E-state index is 0.745. The fourth-order valence-corrected chi connectivity index (χ4v) is 2.63. The molecule has 0 spiro atoms. The summed E-state index contributed by atoms with van der Waals surface area (Å²) in [5.74, 6) is 2.29. The lowest BCUT2D eigenvalue weighted by molar-refractivity contribution is 0.364. The molecule has 0 N–H and O–H groups in total. The zero-order chi connectivity index (χ0) is 11.6. The van der Waals surface area contributed by atoms with Crippen LogP contribution < -0.4 is 14.2 Å². The third-order valence-electron chi connectivity index (χ3n) is 2.37.